The molecule has 15 heavy (non-hydrogen) atoms. The molecule has 0 radical (unpaired) electrons. The van der Waals surface area contributed by atoms with Crippen molar-refractivity contribution in [2.24, 2.45) is 0 Å². The molecule has 0 heterocycles. The van der Waals surface area contributed by atoms with Crippen molar-refractivity contribution in [1.29, 1.82) is 0 Å². The lowest BCUT2D eigenvalue weighted by molar-refractivity contribution is 0.0696. The third kappa shape index (κ3) is 2.95. The molecule has 1 aromatic carbocycles. The summed E-state index contributed by atoms with van der Waals surface area (Å²) in [7, 11) is 0. The molecule has 0 aliphatic rings. The van der Waals surface area contributed by atoms with Gasteiger partial charge in [0.2, 0.25) is 0 Å². The predicted molar refractivity (Wildman–Crippen MR) is 59.0 cm³/mol. The van der Waals surface area contributed by atoms with Crippen LogP contribution < -0.4 is 0 Å². The molecule has 0 saturated carbocycles. The van der Waals surface area contributed by atoms with E-state index in [1.165, 1.54) is 6.07 Å². The maximum Gasteiger partial charge on any atom is 0.337 e. The van der Waals surface area contributed by atoms with E-state index in [4.69, 9.17) is 16.7 Å². The number of carboxylic acids is 1. The van der Waals surface area contributed by atoms with Crippen LogP contribution in [0.2, 0.25) is 5.02 Å². The minimum atomic E-state index is -1.26. The van der Waals surface area contributed by atoms with Crippen LogP contribution in [0.5, 0.6) is 0 Å². The van der Waals surface area contributed by atoms with Gasteiger partial charge < -0.3 is 5.11 Å². The summed E-state index contributed by atoms with van der Waals surface area (Å²) in [5, 5.41) is 9.04. The Bertz CT molecular complexity index is 462. The number of hydrogen-bond acceptors (Lipinski definition) is 1. The summed E-state index contributed by atoms with van der Waals surface area (Å²) in [6.07, 6.45) is 0. The van der Waals surface area contributed by atoms with Crippen molar-refractivity contribution in [2.75, 3.05) is 5.33 Å². The van der Waals surface area contributed by atoms with E-state index in [2.05, 4.69) is 27.8 Å². The molecule has 1 N–H and O–H groups in total. The molecule has 0 bridgehead atoms. The van der Waals surface area contributed by atoms with E-state index in [0.717, 1.165) is 6.07 Å². The fraction of sp³-hybridized carbons (Fsp3) is 0.100. The number of benzene rings is 1. The molecular formula is C10H5BrClFO2. The van der Waals surface area contributed by atoms with Crippen LogP contribution in [0, 0.1) is 17.7 Å². The Morgan fingerprint density at radius 3 is 2.80 bits per heavy atom. The van der Waals surface area contributed by atoms with Crippen molar-refractivity contribution in [3.05, 3.63) is 34.1 Å². The third-order valence-electron chi connectivity index (χ3n) is 1.58. The third-order valence-corrected chi connectivity index (χ3v) is 2.17. The molecule has 78 valence electrons. The number of carboxylic acid groups (broad SMARTS) is 1. The van der Waals surface area contributed by atoms with Gasteiger partial charge in [0.1, 0.15) is 5.82 Å². The summed E-state index contributed by atoms with van der Waals surface area (Å²) >= 11 is 8.71. The number of carbonyl (C=O) groups is 1. The van der Waals surface area contributed by atoms with Gasteiger partial charge in [-0.2, -0.15) is 0 Å². The van der Waals surface area contributed by atoms with Crippen LogP contribution in [-0.2, 0) is 0 Å². The first-order valence-electron chi connectivity index (χ1n) is 3.83. The smallest absolute Gasteiger partial charge is 0.337 e. The molecule has 0 fully saturated rings. The van der Waals surface area contributed by atoms with Crippen LogP contribution in [0.15, 0.2) is 12.1 Å². The number of hydrogen-bond donors (Lipinski definition) is 1. The summed E-state index contributed by atoms with van der Waals surface area (Å²) in [5.41, 5.74) is -0.178. The van der Waals surface area contributed by atoms with Crippen molar-refractivity contribution in [2.45, 2.75) is 0 Å². The second kappa shape index (κ2) is 5.15. The first-order chi connectivity index (χ1) is 7.06. The van der Waals surface area contributed by atoms with Gasteiger partial charge in [0.15, 0.2) is 0 Å². The second-order valence-electron chi connectivity index (χ2n) is 2.55. The fourth-order valence-electron chi connectivity index (χ4n) is 0.935. The Labute approximate surface area is 99.2 Å². The van der Waals surface area contributed by atoms with Gasteiger partial charge in [-0.3, -0.25) is 0 Å². The molecule has 0 aliphatic carbocycles. The Hall–Kier alpha value is -1.05. The van der Waals surface area contributed by atoms with Gasteiger partial charge in [0.05, 0.1) is 21.5 Å². The van der Waals surface area contributed by atoms with Crippen LogP contribution in [0.3, 0.4) is 0 Å². The molecular weight excluding hydrogens is 286 g/mol. The van der Waals surface area contributed by atoms with E-state index in [9.17, 15) is 9.18 Å². The fourth-order valence-corrected chi connectivity index (χ4v) is 1.32. The van der Waals surface area contributed by atoms with Gasteiger partial charge in [-0.25, -0.2) is 9.18 Å². The molecule has 5 heteroatoms. The van der Waals surface area contributed by atoms with Crippen LogP contribution in [-0.4, -0.2) is 16.4 Å². The van der Waals surface area contributed by atoms with Crippen LogP contribution in [0.4, 0.5) is 4.39 Å². The van der Waals surface area contributed by atoms with Gasteiger partial charge >= 0.3 is 5.97 Å². The highest BCUT2D eigenvalue weighted by Gasteiger charge is 2.12. The van der Waals surface area contributed by atoms with E-state index in [-0.39, 0.29) is 16.1 Å². The summed E-state index contributed by atoms with van der Waals surface area (Å²) < 4.78 is 13.3. The number of alkyl halides is 1. The molecule has 0 spiro atoms. The monoisotopic (exact) mass is 290 g/mol. The first kappa shape index (κ1) is 12.0. The lowest BCUT2D eigenvalue weighted by Gasteiger charge is -2.00. The molecule has 1 aromatic rings. The van der Waals surface area contributed by atoms with Crippen LogP contribution in [0.25, 0.3) is 0 Å². The molecule has 0 amide bonds. The van der Waals surface area contributed by atoms with Gasteiger partial charge in [-0.1, -0.05) is 39.4 Å². The topological polar surface area (TPSA) is 37.3 Å². The van der Waals surface area contributed by atoms with Crippen molar-refractivity contribution in [3.63, 3.8) is 0 Å². The lowest BCUT2D eigenvalue weighted by Crippen LogP contribution is -1.99. The molecule has 1 rings (SSSR count). The SMILES string of the molecule is O=C(O)c1cc(F)c(C#CCBr)cc1Cl. The zero-order valence-corrected chi connectivity index (χ0v) is 9.69. The Morgan fingerprint density at radius 1 is 1.60 bits per heavy atom. The highest BCUT2D eigenvalue weighted by molar-refractivity contribution is 9.09. The van der Waals surface area contributed by atoms with Gasteiger partial charge in [-0.15, -0.1) is 0 Å². The van der Waals surface area contributed by atoms with Gasteiger partial charge in [0, 0.05) is 0 Å². The molecule has 0 atom stereocenters. The molecule has 0 unspecified atom stereocenters. The highest BCUT2D eigenvalue weighted by Crippen LogP contribution is 2.20. The Kier molecular flexibility index (Phi) is 4.13. The lowest BCUT2D eigenvalue weighted by atomic mass is 10.1. The summed E-state index contributed by atoms with van der Waals surface area (Å²) in [4.78, 5) is 10.6. The van der Waals surface area contributed by atoms with Crippen molar-refractivity contribution in [3.8, 4) is 11.8 Å². The number of halogens is 3. The zero-order valence-electron chi connectivity index (χ0n) is 7.35. The van der Waals surface area contributed by atoms with E-state index in [1.807, 2.05) is 0 Å². The molecule has 2 nitrogen and oxygen atoms in total. The second-order valence-corrected chi connectivity index (χ2v) is 3.52. The number of rotatable bonds is 1. The van der Waals surface area contributed by atoms with Crippen LogP contribution >= 0.6 is 27.5 Å². The van der Waals surface area contributed by atoms with E-state index < -0.39 is 11.8 Å². The van der Waals surface area contributed by atoms with E-state index in [1.54, 1.807) is 0 Å². The predicted octanol–water partition coefficient (Wildman–Crippen LogP) is 2.92. The first-order valence-corrected chi connectivity index (χ1v) is 5.33. The Balaban J connectivity index is 3.25. The van der Waals surface area contributed by atoms with Gasteiger partial charge in [0.25, 0.3) is 0 Å². The minimum absolute atomic E-state index is 0.0252. The molecule has 0 saturated heterocycles. The zero-order chi connectivity index (χ0) is 11.4. The van der Waals surface area contributed by atoms with E-state index >= 15 is 0 Å². The van der Waals surface area contributed by atoms with Crippen molar-refractivity contribution >= 4 is 33.5 Å². The average molecular weight is 292 g/mol. The highest BCUT2D eigenvalue weighted by atomic mass is 79.9. The van der Waals surface area contributed by atoms with Crippen LogP contribution in [0.1, 0.15) is 15.9 Å². The van der Waals surface area contributed by atoms with Crippen molar-refractivity contribution in [1.82, 2.24) is 0 Å². The standard InChI is InChI=1S/C10H5BrClFO2/c11-3-1-2-6-4-8(12)7(10(14)15)5-9(6)13/h4-5H,3H2,(H,14,15). The molecule has 0 aromatic heterocycles. The normalized spacial score (nSPS) is 9.27. The maximum absolute atomic E-state index is 13.3. The summed E-state index contributed by atoms with van der Waals surface area (Å²) in [6, 6.07) is 2.07. The molecule has 0 aliphatic heterocycles. The quantitative estimate of drug-likeness (QED) is 0.638. The van der Waals surface area contributed by atoms with Gasteiger partial charge in [-0.05, 0) is 12.1 Å². The van der Waals surface area contributed by atoms with Crippen molar-refractivity contribution < 1.29 is 14.3 Å². The largest absolute Gasteiger partial charge is 0.478 e. The average Bonchev–Trinajstić information content (AvgIpc) is 2.18. The maximum atomic E-state index is 13.3. The Morgan fingerprint density at radius 2 is 2.27 bits per heavy atom. The summed E-state index contributed by atoms with van der Waals surface area (Å²) in [6.45, 7) is 0. The number of aromatic carboxylic acids is 1. The minimum Gasteiger partial charge on any atom is -0.478 e. The van der Waals surface area contributed by atoms with E-state index in [0.29, 0.717) is 5.33 Å². The summed E-state index contributed by atoms with van der Waals surface area (Å²) in [5.74, 6) is 3.17.